The number of hydrogen-bond donors (Lipinski definition) is 1. The van der Waals surface area contributed by atoms with Crippen LogP contribution in [0.2, 0.25) is 0 Å². The van der Waals surface area contributed by atoms with Crippen LogP contribution in [0, 0.1) is 5.92 Å². The minimum atomic E-state index is 0.0302. The first-order valence-corrected chi connectivity index (χ1v) is 7.03. The van der Waals surface area contributed by atoms with Gasteiger partial charge in [-0.15, -0.1) is 11.3 Å². The number of rotatable bonds is 6. The largest absolute Gasteiger partial charge is 0.303 e. The van der Waals surface area contributed by atoms with Crippen LogP contribution in [-0.2, 0) is 5.54 Å². The number of nitrogens with one attached hydrogen (secondary N) is 1. The van der Waals surface area contributed by atoms with Crippen molar-refractivity contribution in [3.63, 3.8) is 0 Å². The van der Waals surface area contributed by atoms with Crippen molar-refractivity contribution in [2.75, 3.05) is 0 Å². The van der Waals surface area contributed by atoms with Gasteiger partial charge in [0, 0.05) is 17.6 Å². The van der Waals surface area contributed by atoms with Crippen LogP contribution in [0.3, 0.4) is 0 Å². The van der Waals surface area contributed by atoms with Gasteiger partial charge in [-0.25, -0.2) is 4.98 Å². The topological polar surface area (TPSA) is 24.9 Å². The summed E-state index contributed by atoms with van der Waals surface area (Å²) in [6, 6.07) is 0.536. The standard InChI is InChI=1S/C13H24N2S/c1-6-13(5,12-14-7-8-16-12)15-11(4)9-10(2)3/h7-8,10-11,15H,6,9H2,1-5H3. The molecule has 0 fully saturated rings. The Bertz CT molecular complexity index is 295. The maximum absolute atomic E-state index is 4.45. The molecular weight excluding hydrogens is 216 g/mol. The predicted molar refractivity (Wildman–Crippen MR) is 71.8 cm³/mol. The maximum atomic E-state index is 4.45. The number of hydrogen-bond acceptors (Lipinski definition) is 3. The lowest BCUT2D eigenvalue weighted by atomic mass is 9.96. The zero-order valence-corrected chi connectivity index (χ0v) is 11.9. The molecule has 0 aliphatic carbocycles. The van der Waals surface area contributed by atoms with E-state index in [0.29, 0.717) is 6.04 Å². The molecule has 0 aliphatic rings. The molecule has 1 heterocycles. The summed E-state index contributed by atoms with van der Waals surface area (Å²) >= 11 is 1.74. The highest BCUT2D eigenvalue weighted by Crippen LogP contribution is 2.27. The van der Waals surface area contributed by atoms with Crippen LogP contribution >= 0.6 is 11.3 Å². The van der Waals surface area contributed by atoms with Crippen LogP contribution in [0.15, 0.2) is 11.6 Å². The third-order valence-electron chi connectivity index (χ3n) is 3.00. The summed E-state index contributed by atoms with van der Waals surface area (Å²) in [6.45, 7) is 11.3. The Morgan fingerprint density at radius 1 is 1.44 bits per heavy atom. The molecule has 1 rings (SSSR count). The Morgan fingerprint density at radius 2 is 2.12 bits per heavy atom. The zero-order chi connectivity index (χ0) is 12.2. The zero-order valence-electron chi connectivity index (χ0n) is 11.1. The Labute approximate surface area is 103 Å². The van der Waals surface area contributed by atoms with E-state index in [9.17, 15) is 0 Å². The van der Waals surface area contributed by atoms with Crippen molar-refractivity contribution < 1.29 is 0 Å². The van der Waals surface area contributed by atoms with E-state index in [0.717, 1.165) is 12.3 Å². The predicted octanol–water partition coefficient (Wildman–Crippen LogP) is 3.79. The van der Waals surface area contributed by atoms with Gasteiger partial charge in [-0.1, -0.05) is 20.8 Å². The van der Waals surface area contributed by atoms with E-state index in [2.05, 4.69) is 50.3 Å². The molecule has 3 heteroatoms. The first-order valence-electron chi connectivity index (χ1n) is 6.15. The fraction of sp³-hybridized carbons (Fsp3) is 0.769. The summed E-state index contributed by atoms with van der Waals surface area (Å²) in [5.41, 5.74) is 0.0302. The van der Waals surface area contributed by atoms with Gasteiger partial charge in [-0.3, -0.25) is 0 Å². The van der Waals surface area contributed by atoms with Crippen molar-refractivity contribution in [1.29, 1.82) is 0 Å². The lowest BCUT2D eigenvalue weighted by molar-refractivity contribution is 0.289. The van der Waals surface area contributed by atoms with E-state index in [1.54, 1.807) is 11.3 Å². The minimum absolute atomic E-state index is 0.0302. The molecule has 1 aromatic rings. The second kappa shape index (κ2) is 5.78. The summed E-state index contributed by atoms with van der Waals surface area (Å²) in [6.07, 6.45) is 4.17. The number of thiazole rings is 1. The van der Waals surface area contributed by atoms with Gasteiger partial charge in [0.25, 0.3) is 0 Å². The Morgan fingerprint density at radius 3 is 2.56 bits per heavy atom. The molecule has 0 amide bonds. The van der Waals surface area contributed by atoms with Crippen molar-refractivity contribution in [1.82, 2.24) is 10.3 Å². The van der Waals surface area contributed by atoms with Gasteiger partial charge in [0.1, 0.15) is 5.01 Å². The molecule has 2 unspecified atom stereocenters. The van der Waals surface area contributed by atoms with Gasteiger partial charge in [-0.2, -0.15) is 0 Å². The van der Waals surface area contributed by atoms with Crippen molar-refractivity contribution in [2.24, 2.45) is 5.92 Å². The first kappa shape index (κ1) is 13.7. The Balaban J connectivity index is 2.67. The van der Waals surface area contributed by atoms with Crippen LogP contribution in [-0.4, -0.2) is 11.0 Å². The third kappa shape index (κ3) is 3.56. The molecule has 2 nitrogen and oxygen atoms in total. The highest BCUT2D eigenvalue weighted by Gasteiger charge is 2.28. The second-order valence-corrected chi connectivity index (χ2v) is 6.09. The van der Waals surface area contributed by atoms with Crippen molar-refractivity contribution in [3.05, 3.63) is 16.6 Å². The molecule has 2 atom stereocenters. The molecule has 0 bridgehead atoms. The van der Waals surface area contributed by atoms with Gasteiger partial charge in [0.15, 0.2) is 0 Å². The SMILES string of the molecule is CCC(C)(NC(C)CC(C)C)c1nccs1. The van der Waals surface area contributed by atoms with E-state index in [4.69, 9.17) is 0 Å². The van der Waals surface area contributed by atoms with E-state index in [1.165, 1.54) is 11.4 Å². The second-order valence-electron chi connectivity index (χ2n) is 5.20. The average molecular weight is 240 g/mol. The van der Waals surface area contributed by atoms with Crippen LogP contribution in [0.1, 0.15) is 52.5 Å². The van der Waals surface area contributed by atoms with E-state index in [1.807, 2.05) is 6.20 Å². The molecule has 1 aromatic heterocycles. The molecule has 0 aromatic carbocycles. The summed E-state index contributed by atoms with van der Waals surface area (Å²) in [4.78, 5) is 4.45. The normalized spacial score (nSPS) is 17.4. The molecule has 1 N–H and O–H groups in total. The smallest absolute Gasteiger partial charge is 0.112 e. The summed E-state index contributed by atoms with van der Waals surface area (Å²) in [5, 5.41) is 6.98. The summed E-state index contributed by atoms with van der Waals surface area (Å²) < 4.78 is 0. The quantitative estimate of drug-likeness (QED) is 0.818. The molecule has 0 radical (unpaired) electrons. The van der Waals surface area contributed by atoms with Crippen molar-refractivity contribution >= 4 is 11.3 Å². The highest BCUT2D eigenvalue weighted by molar-refractivity contribution is 7.09. The molecule has 0 saturated carbocycles. The van der Waals surface area contributed by atoms with Crippen LogP contribution in [0.25, 0.3) is 0 Å². The third-order valence-corrected chi connectivity index (χ3v) is 4.04. The lowest BCUT2D eigenvalue weighted by Crippen LogP contribution is -2.44. The molecule has 0 spiro atoms. The molecule has 0 saturated heterocycles. The van der Waals surface area contributed by atoms with Gasteiger partial charge < -0.3 is 5.32 Å². The fourth-order valence-electron chi connectivity index (χ4n) is 2.12. The Hall–Kier alpha value is -0.410. The first-order chi connectivity index (χ1) is 7.48. The molecule has 92 valence electrons. The monoisotopic (exact) mass is 240 g/mol. The van der Waals surface area contributed by atoms with Gasteiger partial charge >= 0.3 is 0 Å². The molecule has 0 aliphatic heterocycles. The van der Waals surface area contributed by atoms with Crippen LogP contribution < -0.4 is 5.32 Å². The molecule has 16 heavy (non-hydrogen) atoms. The lowest BCUT2D eigenvalue weighted by Gasteiger charge is -2.32. The maximum Gasteiger partial charge on any atom is 0.112 e. The summed E-state index contributed by atoms with van der Waals surface area (Å²) in [5.74, 6) is 0.736. The van der Waals surface area contributed by atoms with Crippen LogP contribution in [0.4, 0.5) is 0 Å². The summed E-state index contributed by atoms with van der Waals surface area (Å²) in [7, 11) is 0. The minimum Gasteiger partial charge on any atom is -0.303 e. The van der Waals surface area contributed by atoms with Gasteiger partial charge in [-0.05, 0) is 32.6 Å². The highest BCUT2D eigenvalue weighted by atomic mass is 32.1. The van der Waals surface area contributed by atoms with Crippen molar-refractivity contribution in [3.8, 4) is 0 Å². The average Bonchev–Trinajstić information content (AvgIpc) is 2.69. The number of nitrogens with zero attached hydrogens (tertiary/aromatic N) is 1. The van der Waals surface area contributed by atoms with Crippen molar-refractivity contribution in [2.45, 2.75) is 59.0 Å². The van der Waals surface area contributed by atoms with E-state index < -0.39 is 0 Å². The Kier molecular flexibility index (Phi) is 4.93. The van der Waals surface area contributed by atoms with E-state index >= 15 is 0 Å². The van der Waals surface area contributed by atoms with Gasteiger partial charge in [0.2, 0.25) is 0 Å². The fourth-order valence-corrected chi connectivity index (χ4v) is 2.96. The number of aromatic nitrogens is 1. The van der Waals surface area contributed by atoms with E-state index in [-0.39, 0.29) is 5.54 Å². The van der Waals surface area contributed by atoms with Crippen LogP contribution in [0.5, 0.6) is 0 Å². The van der Waals surface area contributed by atoms with Gasteiger partial charge in [0.05, 0.1) is 5.54 Å². The molecular formula is C13H24N2S.